The minimum atomic E-state index is -2.02. The first-order valence-electron chi connectivity index (χ1n) is 18.7. The Balaban J connectivity index is 1.26. The fourth-order valence-electron chi connectivity index (χ4n) is 7.21. The molecule has 300 valence electrons. The summed E-state index contributed by atoms with van der Waals surface area (Å²) in [6.07, 6.45) is 1.56. The summed E-state index contributed by atoms with van der Waals surface area (Å²) in [6.45, 7) is 6.37. The van der Waals surface area contributed by atoms with Crippen LogP contribution >= 0.6 is 11.6 Å². The minimum absolute atomic E-state index is 0.0247. The quantitative estimate of drug-likeness (QED) is 0.0739. The minimum Gasteiger partial charge on any atom is -0.458 e. The number of carbonyl (C=O) groups excluding carboxylic acids is 5. The van der Waals surface area contributed by atoms with E-state index in [9.17, 15) is 33.9 Å². The van der Waals surface area contributed by atoms with Gasteiger partial charge in [-0.15, -0.1) is 0 Å². The lowest BCUT2D eigenvalue weighted by molar-refractivity contribution is -0.172. The van der Waals surface area contributed by atoms with Crippen LogP contribution in [0.2, 0.25) is 5.02 Å². The summed E-state index contributed by atoms with van der Waals surface area (Å²) < 4.78 is 17.9. The van der Waals surface area contributed by atoms with Gasteiger partial charge in [0.05, 0.1) is 40.6 Å². The Bertz CT molecular complexity index is 2170. The van der Waals surface area contributed by atoms with Gasteiger partial charge in [0.15, 0.2) is 17.1 Å². The average molecular weight is 796 g/mol. The Kier molecular flexibility index (Phi) is 11.9. The summed E-state index contributed by atoms with van der Waals surface area (Å²) in [4.78, 5) is 83.5. The highest BCUT2D eigenvalue weighted by Crippen LogP contribution is 2.47. The van der Waals surface area contributed by atoms with Crippen LogP contribution in [-0.4, -0.2) is 76.2 Å². The lowest BCUT2D eigenvalue weighted by Crippen LogP contribution is -2.55. The van der Waals surface area contributed by atoms with Crippen molar-refractivity contribution in [3.63, 3.8) is 0 Å². The molecule has 1 aromatic carbocycles. The summed E-state index contributed by atoms with van der Waals surface area (Å²) in [7, 11) is 0. The maximum Gasteiger partial charge on any atom is 0.343 e. The Morgan fingerprint density at radius 1 is 1.02 bits per heavy atom. The van der Waals surface area contributed by atoms with Crippen molar-refractivity contribution >= 4 is 52.1 Å². The molecule has 3 aliphatic rings. The summed E-state index contributed by atoms with van der Waals surface area (Å²) in [6, 6.07) is 1.37. The SMILES string of the molecule is CCC(=O)N[C@H](C(=O)N[C@@H](CCCCN)C(=O)NCC(=O)NCc1c2c(nc3cc4c(c(Cl)c13)OCO4)-c1cc3c(c(=O)n1C2)COC(=O)[C@]3(O)CC)C(C)C. The zero-order chi connectivity index (χ0) is 40.5. The standard InChI is InChI=1S/C38H46ClN7O10/c1-5-27(47)45-31(18(3)4)35(50)44-23(9-7-8-10-40)34(49)42-14-28(48)41-13-19-20-15-46-25(11-22-21(36(46)51)16-54-37(52)38(22,53)6-2)32(20)43-24-12-26-33(56-17-55-26)30(39)29(19)24/h11-12,18,23,31,53H,5-10,13-17,40H2,1-4H3,(H,41,48)(H,42,49)(H,44,50)(H,45,47)/t23-,31-,38-/m0/s1. The highest BCUT2D eigenvalue weighted by atomic mass is 35.5. The van der Waals surface area contributed by atoms with Crippen LogP contribution in [0.4, 0.5) is 0 Å². The van der Waals surface area contributed by atoms with Crippen LogP contribution < -0.4 is 42.0 Å². The number of rotatable bonds is 15. The second-order valence-corrected chi connectivity index (χ2v) is 14.7. The zero-order valence-corrected chi connectivity index (χ0v) is 32.4. The van der Waals surface area contributed by atoms with E-state index >= 15 is 0 Å². The average Bonchev–Trinajstić information content (AvgIpc) is 3.81. The number of benzene rings is 1. The van der Waals surface area contributed by atoms with E-state index in [1.807, 2.05) is 0 Å². The number of carbonyl (C=O) groups is 5. The lowest BCUT2D eigenvalue weighted by Gasteiger charge is -2.31. The number of hydrogen-bond acceptors (Lipinski definition) is 12. The normalized spacial score (nSPS) is 17.4. The number of nitrogens with two attached hydrogens (primary N) is 1. The summed E-state index contributed by atoms with van der Waals surface area (Å²) in [5.74, 6) is -2.42. The molecule has 4 amide bonds. The molecule has 0 aliphatic carbocycles. The van der Waals surface area contributed by atoms with Crippen molar-refractivity contribution in [3.8, 4) is 22.9 Å². The maximum atomic E-state index is 13.9. The molecule has 56 heavy (non-hydrogen) atoms. The number of amides is 4. The Morgan fingerprint density at radius 3 is 2.48 bits per heavy atom. The van der Waals surface area contributed by atoms with E-state index in [0.717, 1.165) is 0 Å². The van der Waals surface area contributed by atoms with Crippen molar-refractivity contribution in [1.29, 1.82) is 0 Å². The lowest BCUT2D eigenvalue weighted by atomic mass is 9.86. The van der Waals surface area contributed by atoms with E-state index in [0.29, 0.717) is 64.3 Å². The van der Waals surface area contributed by atoms with Gasteiger partial charge in [-0.25, -0.2) is 9.78 Å². The molecule has 3 aliphatic heterocycles. The van der Waals surface area contributed by atoms with Gasteiger partial charge in [0, 0.05) is 35.5 Å². The van der Waals surface area contributed by atoms with Crippen molar-refractivity contribution in [2.75, 3.05) is 19.9 Å². The molecule has 0 fully saturated rings. The van der Waals surface area contributed by atoms with Gasteiger partial charge in [0.25, 0.3) is 5.56 Å². The maximum absolute atomic E-state index is 13.9. The number of nitrogens with one attached hydrogen (secondary N) is 4. The fraction of sp³-hybridized carbons (Fsp3) is 0.500. The van der Waals surface area contributed by atoms with Crippen LogP contribution in [0, 0.1) is 5.92 Å². The van der Waals surface area contributed by atoms with E-state index in [2.05, 4.69) is 21.3 Å². The van der Waals surface area contributed by atoms with E-state index in [1.54, 1.807) is 39.8 Å². The first-order chi connectivity index (χ1) is 26.7. The van der Waals surface area contributed by atoms with Crippen LogP contribution in [0.5, 0.6) is 11.5 Å². The molecule has 0 radical (unpaired) electrons. The van der Waals surface area contributed by atoms with Crippen LogP contribution in [0.25, 0.3) is 22.3 Å². The van der Waals surface area contributed by atoms with Gasteiger partial charge in [-0.1, -0.05) is 39.3 Å². The van der Waals surface area contributed by atoms with E-state index in [1.165, 1.54) is 4.57 Å². The second-order valence-electron chi connectivity index (χ2n) is 14.3. The monoisotopic (exact) mass is 795 g/mol. The molecule has 6 rings (SSSR count). The van der Waals surface area contributed by atoms with Gasteiger partial charge < -0.3 is 50.9 Å². The number of nitrogens with zero attached hydrogens (tertiary/aromatic N) is 2. The molecule has 5 heterocycles. The predicted octanol–water partition coefficient (Wildman–Crippen LogP) is 1.36. The third-order valence-corrected chi connectivity index (χ3v) is 10.8. The number of aromatic nitrogens is 2. The van der Waals surface area contributed by atoms with Crippen LogP contribution in [-0.2, 0) is 54.0 Å². The van der Waals surface area contributed by atoms with Crippen molar-refractivity contribution < 1.29 is 43.3 Å². The van der Waals surface area contributed by atoms with Crippen LogP contribution in [0.3, 0.4) is 0 Å². The molecule has 17 nitrogen and oxygen atoms in total. The molecule has 0 saturated heterocycles. The summed E-state index contributed by atoms with van der Waals surface area (Å²) >= 11 is 6.90. The van der Waals surface area contributed by atoms with Crippen LogP contribution in [0.1, 0.15) is 82.1 Å². The largest absolute Gasteiger partial charge is 0.458 e. The van der Waals surface area contributed by atoms with Crippen molar-refractivity contribution in [2.24, 2.45) is 11.7 Å². The van der Waals surface area contributed by atoms with E-state index < -0.39 is 53.5 Å². The molecule has 0 bridgehead atoms. The van der Waals surface area contributed by atoms with Crippen molar-refractivity contribution in [2.45, 2.75) is 97.2 Å². The van der Waals surface area contributed by atoms with Crippen molar-refractivity contribution in [1.82, 2.24) is 30.8 Å². The molecule has 3 atom stereocenters. The first-order valence-corrected chi connectivity index (χ1v) is 19.1. The van der Waals surface area contributed by atoms with Gasteiger partial charge in [0.2, 0.25) is 30.4 Å². The molecular formula is C38H46ClN7O10. The molecular weight excluding hydrogens is 750 g/mol. The zero-order valence-electron chi connectivity index (χ0n) is 31.6. The number of pyridine rings is 2. The fourth-order valence-corrected chi connectivity index (χ4v) is 7.57. The molecule has 0 unspecified atom stereocenters. The molecule has 2 aromatic heterocycles. The molecule has 3 aromatic rings. The van der Waals surface area contributed by atoms with Gasteiger partial charge in [0.1, 0.15) is 18.7 Å². The predicted molar refractivity (Wildman–Crippen MR) is 202 cm³/mol. The number of unbranched alkanes of at least 4 members (excludes halogenated alkanes) is 1. The smallest absolute Gasteiger partial charge is 0.343 e. The van der Waals surface area contributed by atoms with E-state index in [-0.39, 0.29) is 73.7 Å². The third-order valence-electron chi connectivity index (χ3n) is 10.4. The number of ether oxygens (including phenoxy) is 3. The highest BCUT2D eigenvalue weighted by Gasteiger charge is 2.45. The van der Waals surface area contributed by atoms with Crippen molar-refractivity contribution in [3.05, 3.63) is 49.8 Å². The Hall–Kier alpha value is -5.26. The topological polar surface area (TPSA) is 242 Å². The number of hydrogen-bond donors (Lipinski definition) is 6. The van der Waals surface area contributed by atoms with E-state index in [4.69, 9.17) is 36.5 Å². The number of fused-ring (bicyclic) bond motifs is 6. The summed E-state index contributed by atoms with van der Waals surface area (Å²) in [5.41, 5.74) is 5.69. The third kappa shape index (κ3) is 7.50. The van der Waals surface area contributed by atoms with Gasteiger partial charge in [-0.05, 0) is 49.8 Å². The molecule has 0 spiro atoms. The number of esters is 1. The number of aliphatic hydroxyl groups is 1. The van der Waals surface area contributed by atoms with Crippen LogP contribution in [0.15, 0.2) is 16.9 Å². The number of halogens is 1. The second kappa shape index (κ2) is 16.5. The molecule has 0 saturated carbocycles. The highest BCUT2D eigenvalue weighted by molar-refractivity contribution is 6.37. The van der Waals surface area contributed by atoms with Gasteiger partial charge >= 0.3 is 5.97 Å². The Morgan fingerprint density at radius 2 is 1.79 bits per heavy atom. The molecule has 7 N–H and O–H groups in total. The van der Waals surface area contributed by atoms with Gasteiger partial charge in [-0.3, -0.25) is 24.0 Å². The Labute approximate surface area is 327 Å². The summed E-state index contributed by atoms with van der Waals surface area (Å²) in [5, 5.41) is 22.8. The first kappa shape index (κ1) is 40.4. The van der Waals surface area contributed by atoms with Gasteiger partial charge in [-0.2, -0.15) is 0 Å². The molecule has 18 heteroatoms. The number of cyclic esters (lactones) is 1.